The quantitative estimate of drug-likeness (QED) is 0.655. The molecule has 0 radical (unpaired) electrons. The largest absolute Gasteiger partial charge is 0.598 e. The van der Waals surface area contributed by atoms with Crippen molar-refractivity contribution < 1.29 is 17.7 Å². The van der Waals surface area contributed by atoms with Crippen LogP contribution in [-0.4, -0.2) is 15.7 Å². The predicted octanol–water partition coefficient (Wildman–Crippen LogP) is 3.89. The molecule has 0 fully saturated rings. The monoisotopic (exact) mass is 357 g/mol. The second-order valence-corrected chi connectivity index (χ2v) is 7.88. The molecule has 0 amide bonds. The van der Waals surface area contributed by atoms with E-state index in [1.807, 2.05) is 4.72 Å². The minimum atomic E-state index is -3.33. The number of alkyl halides is 3. The number of benzene rings is 1. The highest BCUT2D eigenvalue weighted by Gasteiger charge is 2.48. The van der Waals surface area contributed by atoms with Crippen LogP contribution in [0.1, 0.15) is 26.3 Å². The molecular weight excluding hydrogens is 343 g/mol. The maximum atomic E-state index is 14.5. The Hall–Kier alpha value is -0.240. The summed E-state index contributed by atoms with van der Waals surface area (Å²) in [4.78, 5) is 0. The van der Waals surface area contributed by atoms with Gasteiger partial charge in [0, 0.05) is 21.4 Å². The smallest absolute Gasteiger partial charge is 0.293 e. The van der Waals surface area contributed by atoms with Crippen molar-refractivity contribution >= 4 is 27.3 Å². The Morgan fingerprint density at radius 2 is 1.68 bits per heavy atom. The molecule has 0 saturated heterocycles. The molecule has 0 spiro atoms. The van der Waals surface area contributed by atoms with Crippen LogP contribution in [0, 0.1) is 0 Å². The summed E-state index contributed by atoms with van der Waals surface area (Å²) in [6, 6.07) is 5.35. The van der Waals surface area contributed by atoms with Gasteiger partial charge in [-0.1, -0.05) is 32.8 Å². The third-order valence-electron chi connectivity index (χ3n) is 2.36. The first-order valence-corrected chi connectivity index (χ1v) is 7.44. The Kier molecular flexibility index (Phi) is 5.34. The van der Waals surface area contributed by atoms with Gasteiger partial charge < -0.3 is 4.55 Å². The minimum Gasteiger partial charge on any atom is -0.598 e. The summed E-state index contributed by atoms with van der Waals surface area (Å²) in [6.45, 7) is 4.72. The van der Waals surface area contributed by atoms with Gasteiger partial charge in [-0.25, -0.2) is 13.2 Å². The van der Waals surface area contributed by atoms with Gasteiger partial charge in [-0.15, -0.1) is 0 Å². The van der Waals surface area contributed by atoms with E-state index in [4.69, 9.17) is 0 Å². The predicted molar refractivity (Wildman–Crippen MR) is 74.0 cm³/mol. The first-order valence-electron chi connectivity index (χ1n) is 5.50. The van der Waals surface area contributed by atoms with Gasteiger partial charge >= 0.3 is 0 Å². The topological polar surface area (TPSA) is 35.1 Å². The van der Waals surface area contributed by atoms with Gasteiger partial charge in [0.15, 0.2) is 0 Å². The van der Waals surface area contributed by atoms with Crippen LogP contribution in [0.15, 0.2) is 28.7 Å². The molecule has 1 aromatic carbocycles. The van der Waals surface area contributed by atoms with Crippen LogP contribution in [0.25, 0.3) is 0 Å². The van der Waals surface area contributed by atoms with Crippen LogP contribution in [0.4, 0.5) is 13.2 Å². The molecule has 0 saturated carbocycles. The summed E-state index contributed by atoms with van der Waals surface area (Å²) in [6.07, 6.45) is -3.33. The second-order valence-electron chi connectivity index (χ2n) is 5.00. The van der Waals surface area contributed by atoms with Crippen LogP contribution >= 0.6 is 15.9 Å². The molecule has 1 aromatic rings. The number of halogens is 4. The standard InChI is InChI=1S/C12H15BrF3NOS/c1-11(2,3)19(18)17-12(16,10(14)15)8-4-6-9(13)7-5-8/h4-7,10,17H,1-3H3/t12?,19-/m0/s1. The molecule has 0 aliphatic carbocycles. The van der Waals surface area contributed by atoms with Crippen molar-refractivity contribution in [2.24, 2.45) is 0 Å². The average molecular weight is 358 g/mol. The van der Waals surface area contributed by atoms with E-state index in [2.05, 4.69) is 15.9 Å². The lowest BCUT2D eigenvalue weighted by molar-refractivity contribution is -0.0477. The highest BCUT2D eigenvalue weighted by molar-refractivity contribution is 9.10. The molecule has 0 bridgehead atoms. The molecule has 2 nitrogen and oxygen atoms in total. The summed E-state index contributed by atoms with van der Waals surface area (Å²) in [5, 5.41) is 0. The maximum absolute atomic E-state index is 14.5. The van der Waals surface area contributed by atoms with Gasteiger partial charge in [0.05, 0.1) is 0 Å². The number of hydrogen-bond acceptors (Lipinski definition) is 2. The van der Waals surface area contributed by atoms with E-state index < -0.39 is 28.3 Å². The van der Waals surface area contributed by atoms with Crippen molar-refractivity contribution in [2.75, 3.05) is 0 Å². The summed E-state index contributed by atoms with van der Waals surface area (Å²) in [7, 11) is 0. The fourth-order valence-electron chi connectivity index (χ4n) is 1.21. The molecule has 7 heteroatoms. The third kappa shape index (κ3) is 4.11. The van der Waals surface area contributed by atoms with Crippen LogP contribution < -0.4 is 4.72 Å². The zero-order valence-corrected chi connectivity index (χ0v) is 13.1. The van der Waals surface area contributed by atoms with Crippen molar-refractivity contribution in [3.05, 3.63) is 34.3 Å². The van der Waals surface area contributed by atoms with Crippen molar-refractivity contribution in [1.29, 1.82) is 0 Å². The zero-order chi connectivity index (χ0) is 14.8. The van der Waals surface area contributed by atoms with Crippen LogP contribution in [0.2, 0.25) is 0 Å². The molecule has 1 N–H and O–H groups in total. The van der Waals surface area contributed by atoms with Gasteiger partial charge in [0.25, 0.3) is 12.2 Å². The lowest BCUT2D eigenvalue weighted by Gasteiger charge is -2.31. The highest BCUT2D eigenvalue weighted by Crippen LogP contribution is 2.33. The van der Waals surface area contributed by atoms with Crippen LogP contribution in [-0.2, 0) is 17.2 Å². The second kappa shape index (κ2) is 6.03. The fraction of sp³-hybridized carbons (Fsp3) is 0.500. The number of nitrogens with one attached hydrogen (secondary N) is 1. The number of rotatable bonds is 4. The molecule has 0 aliphatic heterocycles. The van der Waals surface area contributed by atoms with Crippen molar-refractivity contribution in [3.8, 4) is 0 Å². The SMILES string of the molecule is CC(C)(C)[S@+]([O-])NC(F)(c1ccc(Br)cc1)C(F)F. The van der Waals surface area contributed by atoms with Gasteiger partial charge in [0.2, 0.25) is 0 Å². The van der Waals surface area contributed by atoms with Crippen molar-refractivity contribution in [2.45, 2.75) is 37.7 Å². The molecule has 2 atom stereocenters. The Morgan fingerprint density at radius 3 is 2.05 bits per heavy atom. The van der Waals surface area contributed by atoms with E-state index in [0.717, 1.165) is 0 Å². The molecule has 19 heavy (non-hydrogen) atoms. The molecular formula is C12H15BrF3NOS. The first-order chi connectivity index (χ1) is 8.57. The Bertz CT molecular complexity index is 424. The Labute approximate surface area is 122 Å². The Balaban J connectivity index is 3.07. The van der Waals surface area contributed by atoms with E-state index in [0.29, 0.717) is 4.47 Å². The molecule has 1 rings (SSSR count). The van der Waals surface area contributed by atoms with Crippen molar-refractivity contribution in [1.82, 2.24) is 4.72 Å². The van der Waals surface area contributed by atoms with E-state index in [-0.39, 0.29) is 5.56 Å². The van der Waals surface area contributed by atoms with Gasteiger partial charge in [-0.05, 0) is 32.9 Å². The minimum absolute atomic E-state index is 0.261. The first kappa shape index (κ1) is 16.8. The van der Waals surface area contributed by atoms with Gasteiger partial charge in [0.1, 0.15) is 4.75 Å². The zero-order valence-electron chi connectivity index (χ0n) is 10.7. The molecule has 0 aromatic heterocycles. The molecule has 108 valence electrons. The van der Waals surface area contributed by atoms with E-state index in [1.54, 1.807) is 20.8 Å². The number of hydrogen-bond donors (Lipinski definition) is 1. The van der Waals surface area contributed by atoms with Gasteiger partial charge in [-0.3, -0.25) is 0 Å². The highest BCUT2D eigenvalue weighted by atomic mass is 79.9. The van der Waals surface area contributed by atoms with Gasteiger partial charge in [-0.2, -0.15) is 0 Å². The van der Waals surface area contributed by atoms with Crippen molar-refractivity contribution in [3.63, 3.8) is 0 Å². The summed E-state index contributed by atoms with van der Waals surface area (Å²) < 4.78 is 54.1. The van der Waals surface area contributed by atoms with E-state index in [9.17, 15) is 17.7 Å². The Morgan fingerprint density at radius 1 is 1.21 bits per heavy atom. The van der Waals surface area contributed by atoms with E-state index in [1.165, 1.54) is 24.3 Å². The lowest BCUT2D eigenvalue weighted by atomic mass is 10.1. The average Bonchev–Trinajstić information content (AvgIpc) is 2.28. The molecule has 1 unspecified atom stereocenters. The third-order valence-corrected chi connectivity index (χ3v) is 4.49. The summed E-state index contributed by atoms with van der Waals surface area (Å²) >= 11 is 1.19. The fourth-order valence-corrected chi connectivity index (χ4v) is 2.26. The van der Waals surface area contributed by atoms with E-state index >= 15 is 0 Å². The summed E-state index contributed by atoms with van der Waals surface area (Å²) in [5.41, 5.74) is -0.261. The normalized spacial score (nSPS) is 17.3. The van der Waals surface area contributed by atoms with Crippen LogP contribution in [0.5, 0.6) is 0 Å². The maximum Gasteiger partial charge on any atom is 0.293 e. The summed E-state index contributed by atoms with van der Waals surface area (Å²) in [5.74, 6) is -3.14. The van der Waals surface area contributed by atoms with Crippen LogP contribution in [0.3, 0.4) is 0 Å². The molecule has 0 heterocycles. The molecule has 0 aliphatic rings. The lowest BCUT2D eigenvalue weighted by Crippen LogP contribution is -2.52.